The van der Waals surface area contributed by atoms with Gasteiger partial charge in [-0.05, 0) is 39.0 Å². The van der Waals surface area contributed by atoms with Crippen LogP contribution in [0, 0.1) is 0 Å². The molecule has 0 radical (unpaired) electrons. The summed E-state index contributed by atoms with van der Waals surface area (Å²) in [4.78, 5) is 22.8. The average molecular weight is 321 g/mol. The van der Waals surface area contributed by atoms with E-state index in [1.165, 1.54) is 0 Å². The van der Waals surface area contributed by atoms with Crippen molar-refractivity contribution in [3.05, 3.63) is 30.9 Å². The van der Waals surface area contributed by atoms with Crippen molar-refractivity contribution in [3.8, 4) is 5.75 Å². The maximum Gasteiger partial charge on any atom is 0.407 e. The monoisotopic (exact) mass is 321 g/mol. The van der Waals surface area contributed by atoms with Crippen molar-refractivity contribution in [2.24, 2.45) is 0 Å². The molecule has 0 saturated heterocycles. The molecule has 1 aromatic carbocycles. The van der Waals surface area contributed by atoms with E-state index in [0.29, 0.717) is 17.1 Å². The molecule has 0 aliphatic heterocycles. The maximum absolute atomic E-state index is 11.5. The third-order valence-corrected chi connectivity index (χ3v) is 2.51. The van der Waals surface area contributed by atoms with Gasteiger partial charge in [0.2, 0.25) is 5.91 Å². The summed E-state index contributed by atoms with van der Waals surface area (Å²) in [6, 6.07) is 4.89. The molecule has 4 N–H and O–H groups in total. The molecule has 0 heterocycles. The van der Waals surface area contributed by atoms with Crippen molar-refractivity contribution in [2.75, 3.05) is 24.2 Å². The molecule has 0 fully saturated rings. The first-order valence-corrected chi connectivity index (χ1v) is 7.14. The summed E-state index contributed by atoms with van der Waals surface area (Å²) >= 11 is 0. The number of nitrogens with one attached hydrogen (secondary N) is 2. The molecule has 1 aromatic rings. The number of alkyl carbamates (subject to hydrolysis) is 1. The van der Waals surface area contributed by atoms with Gasteiger partial charge in [-0.3, -0.25) is 4.79 Å². The largest absolute Gasteiger partial charge is 0.492 e. The lowest BCUT2D eigenvalue weighted by molar-refractivity contribution is -0.111. The fourth-order valence-corrected chi connectivity index (χ4v) is 1.55. The predicted octanol–water partition coefficient (Wildman–Crippen LogP) is 2.30. The van der Waals surface area contributed by atoms with E-state index in [4.69, 9.17) is 15.2 Å². The molecular formula is C16H23N3O4. The van der Waals surface area contributed by atoms with Gasteiger partial charge >= 0.3 is 6.09 Å². The molecule has 0 saturated carbocycles. The number of nitrogens with two attached hydrogens (primary N) is 1. The summed E-state index contributed by atoms with van der Waals surface area (Å²) in [5.41, 5.74) is 6.08. The van der Waals surface area contributed by atoms with Gasteiger partial charge in [0.15, 0.2) is 0 Å². The van der Waals surface area contributed by atoms with Crippen molar-refractivity contribution >= 4 is 23.4 Å². The van der Waals surface area contributed by atoms with Gasteiger partial charge in [-0.1, -0.05) is 6.58 Å². The Morgan fingerprint density at radius 2 is 2.04 bits per heavy atom. The fraction of sp³-hybridized carbons (Fsp3) is 0.375. The van der Waals surface area contributed by atoms with Crippen LogP contribution in [-0.4, -0.2) is 30.8 Å². The molecule has 126 valence electrons. The molecule has 0 unspecified atom stereocenters. The molecule has 7 heteroatoms. The quantitative estimate of drug-likeness (QED) is 0.424. The summed E-state index contributed by atoms with van der Waals surface area (Å²) in [7, 11) is 0. The highest BCUT2D eigenvalue weighted by Crippen LogP contribution is 2.24. The van der Waals surface area contributed by atoms with Crippen molar-refractivity contribution in [2.45, 2.75) is 26.4 Å². The molecule has 0 bridgehead atoms. The van der Waals surface area contributed by atoms with E-state index in [0.717, 1.165) is 6.08 Å². The first-order valence-electron chi connectivity index (χ1n) is 7.14. The zero-order valence-electron chi connectivity index (χ0n) is 13.6. The standard InChI is InChI=1S/C16H23N3O4/c1-5-14(20)19-13-10-11(6-7-12(13)17)22-9-8-18-15(21)23-16(2,3)4/h5-7,10H,1,8-9,17H2,2-4H3,(H,18,21)(H,19,20). The SMILES string of the molecule is C=CC(=O)Nc1cc(OCCNC(=O)OC(C)(C)C)ccc1N. The van der Waals surface area contributed by atoms with E-state index in [9.17, 15) is 9.59 Å². The van der Waals surface area contributed by atoms with Gasteiger partial charge in [0.05, 0.1) is 17.9 Å². The lowest BCUT2D eigenvalue weighted by Crippen LogP contribution is -2.34. The number of carbonyl (C=O) groups excluding carboxylic acids is 2. The number of carbonyl (C=O) groups is 2. The van der Waals surface area contributed by atoms with Crippen LogP contribution in [0.15, 0.2) is 30.9 Å². The van der Waals surface area contributed by atoms with Gasteiger partial charge in [-0.15, -0.1) is 0 Å². The Morgan fingerprint density at radius 3 is 2.65 bits per heavy atom. The zero-order valence-corrected chi connectivity index (χ0v) is 13.6. The molecule has 0 aromatic heterocycles. The van der Waals surface area contributed by atoms with E-state index in [2.05, 4.69) is 17.2 Å². The van der Waals surface area contributed by atoms with Crippen molar-refractivity contribution < 1.29 is 19.1 Å². The Balaban J connectivity index is 2.46. The van der Waals surface area contributed by atoms with Gasteiger partial charge in [-0.2, -0.15) is 0 Å². The number of amides is 2. The van der Waals surface area contributed by atoms with Crippen molar-refractivity contribution in [1.29, 1.82) is 0 Å². The molecular weight excluding hydrogens is 298 g/mol. The molecule has 0 aliphatic rings. The smallest absolute Gasteiger partial charge is 0.407 e. The number of ether oxygens (including phenoxy) is 2. The van der Waals surface area contributed by atoms with Crippen molar-refractivity contribution in [3.63, 3.8) is 0 Å². The topological polar surface area (TPSA) is 103 Å². The Hall–Kier alpha value is -2.70. The molecule has 1 rings (SSSR count). The van der Waals surface area contributed by atoms with Gasteiger partial charge in [0.1, 0.15) is 18.0 Å². The number of benzene rings is 1. The van der Waals surface area contributed by atoms with Gasteiger partial charge in [-0.25, -0.2) is 4.79 Å². The zero-order chi connectivity index (χ0) is 17.5. The number of anilines is 2. The minimum atomic E-state index is -0.542. The second-order valence-corrected chi connectivity index (χ2v) is 5.72. The second kappa shape index (κ2) is 8.07. The Labute approximate surface area is 135 Å². The van der Waals surface area contributed by atoms with Crippen LogP contribution in [0.2, 0.25) is 0 Å². The Kier molecular flexibility index (Phi) is 6.44. The molecule has 2 amide bonds. The van der Waals surface area contributed by atoms with E-state index < -0.39 is 11.7 Å². The van der Waals surface area contributed by atoms with Crippen LogP contribution in [0.1, 0.15) is 20.8 Å². The highest BCUT2D eigenvalue weighted by atomic mass is 16.6. The minimum absolute atomic E-state index is 0.248. The lowest BCUT2D eigenvalue weighted by atomic mass is 10.2. The summed E-state index contributed by atoms with van der Waals surface area (Å²) in [5, 5.41) is 5.17. The summed E-state index contributed by atoms with van der Waals surface area (Å²) < 4.78 is 10.6. The molecule has 0 aliphatic carbocycles. The average Bonchev–Trinajstić information content (AvgIpc) is 2.44. The Bertz CT molecular complexity index is 579. The van der Waals surface area contributed by atoms with E-state index in [1.807, 2.05) is 0 Å². The highest BCUT2D eigenvalue weighted by molar-refractivity contribution is 6.01. The lowest BCUT2D eigenvalue weighted by Gasteiger charge is -2.19. The summed E-state index contributed by atoms with van der Waals surface area (Å²) in [5.74, 6) is 0.157. The third-order valence-electron chi connectivity index (χ3n) is 2.51. The van der Waals surface area contributed by atoms with Crippen molar-refractivity contribution in [1.82, 2.24) is 5.32 Å². The van der Waals surface area contributed by atoms with Gasteiger partial charge in [0.25, 0.3) is 0 Å². The van der Waals surface area contributed by atoms with Crippen LogP contribution in [0.5, 0.6) is 5.75 Å². The predicted molar refractivity (Wildman–Crippen MR) is 89.4 cm³/mol. The second-order valence-electron chi connectivity index (χ2n) is 5.72. The normalized spacial score (nSPS) is 10.6. The van der Waals surface area contributed by atoms with Crippen LogP contribution in [0.3, 0.4) is 0 Å². The Morgan fingerprint density at radius 1 is 1.35 bits per heavy atom. The molecule has 0 atom stereocenters. The first-order chi connectivity index (χ1) is 10.7. The maximum atomic E-state index is 11.5. The van der Waals surface area contributed by atoms with E-state index in [1.54, 1.807) is 39.0 Å². The number of rotatable bonds is 6. The number of hydrogen-bond acceptors (Lipinski definition) is 5. The van der Waals surface area contributed by atoms with E-state index in [-0.39, 0.29) is 19.1 Å². The van der Waals surface area contributed by atoms with Gasteiger partial charge < -0.3 is 25.8 Å². The third kappa shape index (κ3) is 7.21. The summed E-state index contributed by atoms with van der Waals surface area (Å²) in [6.45, 7) is 9.27. The number of hydrogen-bond donors (Lipinski definition) is 3. The van der Waals surface area contributed by atoms with Crippen LogP contribution >= 0.6 is 0 Å². The number of nitrogen functional groups attached to an aromatic ring is 1. The van der Waals surface area contributed by atoms with Crippen LogP contribution in [0.25, 0.3) is 0 Å². The molecule has 7 nitrogen and oxygen atoms in total. The fourth-order valence-electron chi connectivity index (χ4n) is 1.55. The molecule has 0 spiro atoms. The van der Waals surface area contributed by atoms with Crippen LogP contribution in [-0.2, 0) is 9.53 Å². The minimum Gasteiger partial charge on any atom is -0.492 e. The summed E-state index contributed by atoms with van der Waals surface area (Å²) in [6.07, 6.45) is 0.648. The molecule has 23 heavy (non-hydrogen) atoms. The van der Waals surface area contributed by atoms with Crippen LogP contribution < -0.4 is 21.1 Å². The van der Waals surface area contributed by atoms with Crippen LogP contribution in [0.4, 0.5) is 16.2 Å². The highest BCUT2D eigenvalue weighted by Gasteiger charge is 2.15. The van der Waals surface area contributed by atoms with Gasteiger partial charge in [0, 0.05) is 6.07 Å². The first kappa shape index (κ1) is 18.3. The van der Waals surface area contributed by atoms with E-state index >= 15 is 0 Å².